The molecular weight excluding hydrogens is 166 g/mol. The van der Waals surface area contributed by atoms with Crippen molar-refractivity contribution in [2.75, 3.05) is 7.11 Å². The Morgan fingerprint density at radius 2 is 2.46 bits per heavy atom. The first-order valence-electron chi connectivity index (χ1n) is 3.76. The first-order valence-corrected chi connectivity index (χ1v) is 3.76. The third kappa shape index (κ3) is 1.11. The first-order chi connectivity index (χ1) is 6.35. The fraction of sp³-hybridized carbons (Fsp3) is 0.111. The average Bonchev–Trinajstić information content (AvgIpc) is 2.59. The van der Waals surface area contributed by atoms with Gasteiger partial charge in [0.2, 0.25) is 0 Å². The van der Waals surface area contributed by atoms with Crippen LogP contribution in [0.25, 0.3) is 11.0 Å². The van der Waals surface area contributed by atoms with Crippen molar-refractivity contribution in [3.63, 3.8) is 0 Å². The Morgan fingerprint density at radius 1 is 1.62 bits per heavy atom. The lowest BCUT2D eigenvalue weighted by molar-refractivity contribution is 0.413. The SMILES string of the molecule is COc1cnc2[nH]cc(C#N)c2c1. The molecule has 2 rings (SSSR count). The number of nitrogens with zero attached hydrogens (tertiary/aromatic N) is 2. The number of fused-ring (bicyclic) bond motifs is 1. The van der Waals surface area contributed by atoms with Gasteiger partial charge in [0.05, 0.1) is 18.9 Å². The Labute approximate surface area is 74.8 Å². The number of ether oxygens (including phenoxy) is 1. The molecule has 0 spiro atoms. The molecule has 0 unspecified atom stereocenters. The number of aromatic amines is 1. The molecule has 0 aliphatic rings. The van der Waals surface area contributed by atoms with Crippen LogP contribution in [0.3, 0.4) is 0 Å². The summed E-state index contributed by atoms with van der Waals surface area (Å²) in [5, 5.41) is 9.54. The van der Waals surface area contributed by atoms with E-state index >= 15 is 0 Å². The molecule has 1 N–H and O–H groups in total. The van der Waals surface area contributed by atoms with E-state index in [0.29, 0.717) is 17.0 Å². The highest BCUT2D eigenvalue weighted by Crippen LogP contribution is 2.20. The smallest absolute Gasteiger partial charge is 0.138 e. The summed E-state index contributed by atoms with van der Waals surface area (Å²) in [4.78, 5) is 6.99. The van der Waals surface area contributed by atoms with Crippen molar-refractivity contribution in [2.45, 2.75) is 0 Å². The van der Waals surface area contributed by atoms with Gasteiger partial charge in [-0.25, -0.2) is 4.98 Å². The van der Waals surface area contributed by atoms with Crippen LogP contribution in [0, 0.1) is 11.3 Å². The summed E-state index contributed by atoms with van der Waals surface area (Å²) in [6, 6.07) is 3.86. The van der Waals surface area contributed by atoms with Crippen LogP contribution >= 0.6 is 0 Å². The molecule has 2 heterocycles. The fourth-order valence-corrected chi connectivity index (χ4v) is 1.19. The first kappa shape index (κ1) is 7.62. The summed E-state index contributed by atoms with van der Waals surface area (Å²) >= 11 is 0. The van der Waals surface area contributed by atoms with Crippen LogP contribution in [-0.4, -0.2) is 17.1 Å². The van der Waals surface area contributed by atoms with Crippen molar-refractivity contribution < 1.29 is 4.74 Å². The van der Waals surface area contributed by atoms with Crippen LogP contribution in [-0.2, 0) is 0 Å². The summed E-state index contributed by atoms with van der Waals surface area (Å²) in [6.45, 7) is 0. The summed E-state index contributed by atoms with van der Waals surface area (Å²) in [5.74, 6) is 0.656. The van der Waals surface area contributed by atoms with Crippen LogP contribution in [0.15, 0.2) is 18.5 Å². The third-order valence-electron chi connectivity index (χ3n) is 1.86. The Kier molecular flexibility index (Phi) is 1.64. The monoisotopic (exact) mass is 173 g/mol. The number of pyridine rings is 1. The highest BCUT2D eigenvalue weighted by molar-refractivity contribution is 5.83. The molecule has 2 aromatic heterocycles. The zero-order chi connectivity index (χ0) is 9.26. The molecule has 4 heteroatoms. The zero-order valence-electron chi connectivity index (χ0n) is 7.03. The number of nitrogens with one attached hydrogen (secondary N) is 1. The molecule has 0 aliphatic heterocycles. The second kappa shape index (κ2) is 2.79. The predicted molar refractivity (Wildman–Crippen MR) is 47.4 cm³/mol. The predicted octanol–water partition coefficient (Wildman–Crippen LogP) is 1.44. The molecule has 0 saturated carbocycles. The van der Waals surface area contributed by atoms with E-state index in [0.717, 1.165) is 5.39 Å². The van der Waals surface area contributed by atoms with Crippen molar-refractivity contribution in [3.05, 3.63) is 24.0 Å². The summed E-state index contributed by atoms with van der Waals surface area (Å²) in [7, 11) is 1.57. The Bertz CT molecular complexity index is 481. The van der Waals surface area contributed by atoms with Gasteiger partial charge in [0.15, 0.2) is 0 Å². The van der Waals surface area contributed by atoms with Crippen LogP contribution in [0.5, 0.6) is 5.75 Å². The summed E-state index contributed by atoms with van der Waals surface area (Å²) in [6.07, 6.45) is 3.25. The number of hydrogen-bond acceptors (Lipinski definition) is 3. The Balaban J connectivity index is 2.73. The van der Waals surface area contributed by atoms with Crippen molar-refractivity contribution in [3.8, 4) is 11.8 Å². The number of rotatable bonds is 1. The van der Waals surface area contributed by atoms with Crippen molar-refractivity contribution >= 4 is 11.0 Å². The maximum Gasteiger partial charge on any atom is 0.138 e. The highest BCUT2D eigenvalue weighted by Gasteiger charge is 2.04. The summed E-state index contributed by atoms with van der Waals surface area (Å²) in [5.41, 5.74) is 1.29. The molecule has 0 atom stereocenters. The fourth-order valence-electron chi connectivity index (χ4n) is 1.19. The van der Waals surface area contributed by atoms with Gasteiger partial charge in [-0.1, -0.05) is 0 Å². The van der Waals surface area contributed by atoms with E-state index < -0.39 is 0 Å². The lowest BCUT2D eigenvalue weighted by atomic mass is 10.2. The topological polar surface area (TPSA) is 61.7 Å². The van der Waals surface area contributed by atoms with Gasteiger partial charge in [-0.15, -0.1) is 0 Å². The van der Waals surface area contributed by atoms with Crippen LogP contribution in [0.4, 0.5) is 0 Å². The molecule has 0 fully saturated rings. The van der Waals surface area contributed by atoms with Gasteiger partial charge < -0.3 is 9.72 Å². The minimum atomic E-state index is 0.585. The van der Waals surface area contributed by atoms with Crippen molar-refractivity contribution in [1.29, 1.82) is 5.26 Å². The maximum atomic E-state index is 8.75. The van der Waals surface area contributed by atoms with Crippen LogP contribution in [0.2, 0.25) is 0 Å². The third-order valence-corrected chi connectivity index (χ3v) is 1.86. The van der Waals surface area contributed by atoms with Crippen molar-refractivity contribution in [2.24, 2.45) is 0 Å². The summed E-state index contributed by atoms with van der Waals surface area (Å²) < 4.78 is 5.01. The van der Waals surface area contributed by atoms with E-state index in [2.05, 4.69) is 16.0 Å². The number of H-pyrrole nitrogens is 1. The molecule has 0 aromatic carbocycles. The van der Waals surface area contributed by atoms with E-state index in [1.54, 1.807) is 25.6 Å². The highest BCUT2D eigenvalue weighted by atomic mass is 16.5. The van der Waals surface area contributed by atoms with Crippen molar-refractivity contribution in [1.82, 2.24) is 9.97 Å². The Morgan fingerprint density at radius 3 is 3.15 bits per heavy atom. The molecule has 64 valence electrons. The van der Waals surface area contributed by atoms with Gasteiger partial charge in [-0.2, -0.15) is 5.26 Å². The number of aromatic nitrogens is 2. The maximum absolute atomic E-state index is 8.75. The van der Waals surface area contributed by atoms with Crippen LogP contribution in [0.1, 0.15) is 5.56 Å². The van der Waals surface area contributed by atoms with Gasteiger partial charge in [0.1, 0.15) is 17.5 Å². The molecular formula is C9H7N3O. The number of hydrogen-bond donors (Lipinski definition) is 1. The van der Waals surface area contributed by atoms with E-state index in [4.69, 9.17) is 10.00 Å². The number of methoxy groups -OCH3 is 1. The second-order valence-corrected chi connectivity index (χ2v) is 2.59. The molecule has 0 aliphatic carbocycles. The zero-order valence-corrected chi connectivity index (χ0v) is 7.03. The lowest BCUT2D eigenvalue weighted by Gasteiger charge is -1.97. The molecule has 0 radical (unpaired) electrons. The quantitative estimate of drug-likeness (QED) is 0.709. The van der Waals surface area contributed by atoms with Gasteiger partial charge in [-0.3, -0.25) is 0 Å². The van der Waals surface area contributed by atoms with Gasteiger partial charge >= 0.3 is 0 Å². The molecule has 0 amide bonds. The average molecular weight is 173 g/mol. The molecule has 0 bridgehead atoms. The minimum Gasteiger partial charge on any atom is -0.495 e. The molecule has 2 aromatic rings. The van der Waals surface area contributed by atoms with E-state index in [-0.39, 0.29) is 0 Å². The van der Waals surface area contributed by atoms with E-state index in [1.165, 1.54) is 0 Å². The van der Waals surface area contributed by atoms with Crippen LogP contribution < -0.4 is 4.74 Å². The molecule has 0 saturated heterocycles. The molecule has 4 nitrogen and oxygen atoms in total. The normalized spacial score (nSPS) is 9.85. The second-order valence-electron chi connectivity index (χ2n) is 2.59. The van der Waals surface area contributed by atoms with Gasteiger partial charge in [0, 0.05) is 11.6 Å². The van der Waals surface area contributed by atoms with E-state index in [1.807, 2.05) is 0 Å². The number of nitriles is 1. The largest absolute Gasteiger partial charge is 0.495 e. The van der Waals surface area contributed by atoms with Gasteiger partial charge in [0.25, 0.3) is 0 Å². The Hall–Kier alpha value is -2.02. The molecule has 13 heavy (non-hydrogen) atoms. The lowest BCUT2D eigenvalue weighted by Crippen LogP contribution is -1.84. The minimum absolute atomic E-state index is 0.585. The van der Waals surface area contributed by atoms with Gasteiger partial charge in [-0.05, 0) is 6.07 Å². The van der Waals surface area contributed by atoms with E-state index in [9.17, 15) is 0 Å². The standard InChI is InChI=1S/C9H7N3O/c1-13-7-2-8-6(3-10)4-11-9(8)12-5-7/h2,4-5H,1H3,(H,11,12).